The first-order valence-electron chi connectivity index (χ1n) is 5.97. The highest BCUT2D eigenvalue weighted by Gasteiger charge is 2.21. The molecule has 2 N–H and O–H groups in total. The van der Waals surface area contributed by atoms with Gasteiger partial charge >= 0.3 is 0 Å². The lowest BCUT2D eigenvalue weighted by atomic mass is 10.2. The molecule has 0 saturated heterocycles. The zero-order chi connectivity index (χ0) is 15.0. The molecule has 2 rings (SSSR count). The standard InChI is InChI=1S/C11H15NO6S2/c13-19(14,15)7-1-5-12-6-4-9-8-10(20(16,17)18)2-3-11(9)12/h2-3,8H,1,4-7H2,(H,13,14,15)(H,16,17,18). The summed E-state index contributed by atoms with van der Waals surface area (Å²) in [6.45, 7) is 1.10. The van der Waals surface area contributed by atoms with Crippen molar-refractivity contribution in [3.63, 3.8) is 0 Å². The van der Waals surface area contributed by atoms with Gasteiger partial charge in [0.2, 0.25) is 0 Å². The van der Waals surface area contributed by atoms with Crippen LogP contribution in [0.4, 0.5) is 5.69 Å². The van der Waals surface area contributed by atoms with E-state index in [0.29, 0.717) is 25.9 Å². The van der Waals surface area contributed by atoms with E-state index >= 15 is 0 Å². The van der Waals surface area contributed by atoms with Crippen LogP contribution >= 0.6 is 0 Å². The molecule has 1 aliphatic rings. The average Bonchev–Trinajstić information content (AvgIpc) is 2.69. The number of benzene rings is 1. The Kier molecular flexibility index (Phi) is 4.05. The van der Waals surface area contributed by atoms with Crippen molar-refractivity contribution >= 4 is 25.9 Å². The van der Waals surface area contributed by atoms with Crippen molar-refractivity contribution in [1.29, 1.82) is 0 Å². The minimum Gasteiger partial charge on any atom is -0.371 e. The van der Waals surface area contributed by atoms with Gasteiger partial charge in [-0.05, 0) is 36.6 Å². The predicted octanol–water partition coefficient (Wildman–Crippen LogP) is 0.574. The third-order valence-corrected chi connectivity index (χ3v) is 4.83. The SMILES string of the molecule is O=S(=O)(O)CCCN1CCc2cc(S(=O)(=O)O)ccc21. The first kappa shape index (κ1) is 15.2. The third-order valence-electron chi connectivity index (χ3n) is 3.17. The average molecular weight is 321 g/mol. The summed E-state index contributed by atoms with van der Waals surface area (Å²) in [4.78, 5) is 1.78. The number of anilines is 1. The Morgan fingerprint density at radius 3 is 2.45 bits per heavy atom. The molecule has 112 valence electrons. The molecule has 0 saturated carbocycles. The van der Waals surface area contributed by atoms with Gasteiger partial charge in [-0.15, -0.1) is 0 Å². The normalized spacial score (nSPS) is 15.4. The van der Waals surface area contributed by atoms with Crippen LogP contribution in [0.1, 0.15) is 12.0 Å². The second kappa shape index (κ2) is 5.32. The van der Waals surface area contributed by atoms with Crippen LogP contribution in [0.3, 0.4) is 0 Å². The minimum absolute atomic E-state index is 0.143. The molecule has 1 aromatic carbocycles. The van der Waals surface area contributed by atoms with E-state index in [0.717, 1.165) is 11.3 Å². The number of rotatable bonds is 5. The van der Waals surface area contributed by atoms with Crippen LogP contribution in [0.5, 0.6) is 0 Å². The first-order chi connectivity index (χ1) is 9.17. The highest BCUT2D eigenvalue weighted by Crippen LogP contribution is 2.30. The lowest BCUT2D eigenvalue weighted by molar-refractivity contribution is 0.479. The molecule has 1 heterocycles. The van der Waals surface area contributed by atoms with Crippen LogP contribution in [0.25, 0.3) is 0 Å². The van der Waals surface area contributed by atoms with E-state index in [1.165, 1.54) is 12.1 Å². The first-order valence-corrected chi connectivity index (χ1v) is 9.02. The Morgan fingerprint density at radius 2 is 1.85 bits per heavy atom. The lowest BCUT2D eigenvalue weighted by Crippen LogP contribution is -2.23. The molecule has 0 bridgehead atoms. The van der Waals surface area contributed by atoms with Crippen LogP contribution in [0.2, 0.25) is 0 Å². The van der Waals surface area contributed by atoms with Gasteiger partial charge in [-0.3, -0.25) is 9.11 Å². The second-order valence-corrected chi connectivity index (χ2v) is 7.64. The van der Waals surface area contributed by atoms with E-state index in [-0.39, 0.29) is 10.6 Å². The van der Waals surface area contributed by atoms with Gasteiger partial charge < -0.3 is 4.90 Å². The molecular weight excluding hydrogens is 306 g/mol. The summed E-state index contributed by atoms with van der Waals surface area (Å²) in [6, 6.07) is 4.33. The Hall–Kier alpha value is -1.16. The molecule has 7 nitrogen and oxygen atoms in total. The molecule has 0 aromatic heterocycles. The maximum Gasteiger partial charge on any atom is 0.294 e. The summed E-state index contributed by atoms with van der Waals surface area (Å²) in [5, 5.41) is 0. The maximum absolute atomic E-state index is 11.0. The van der Waals surface area contributed by atoms with Crippen LogP contribution in [0.15, 0.2) is 23.1 Å². The van der Waals surface area contributed by atoms with Gasteiger partial charge in [-0.25, -0.2) is 0 Å². The van der Waals surface area contributed by atoms with Crippen molar-refractivity contribution in [3.05, 3.63) is 23.8 Å². The van der Waals surface area contributed by atoms with E-state index in [1.54, 1.807) is 6.07 Å². The lowest BCUT2D eigenvalue weighted by Gasteiger charge is -2.18. The van der Waals surface area contributed by atoms with Crippen LogP contribution < -0.4 is 4.90 Å². The van der Waals surface area contributed by atoms with Crippen LogP contribution in [0, 0.1) is 0 Å². The van der Waals surface area contributed by atoms with Gasteiger partial charge in [0.25, 0.3) is 20.2 Å². The summed E-state index contributed by atoms with van der Waals surface area (Å²) in [5.41, 5.74) is 1.62. The van der Waals surface area contributed by atoms with Crippen molar-refractivity contribution in [2.24, 2.45) is 0 Å². The molecule has 0 fully saturated rings. The smallest absolute Gasteiger partial charge is 0.294 e. The predicted molar refractivity (Wildman–Crippen MR) is 73.2 cm³/mol. The molecule has 20 heavy (non-hydrogen) atoms. The molecule has 0 spiro atoms. The number of hydrogen-bond acceptors (Lipinski definition) is 5. The van der Waals surface area contributed by atoms with Gasteiger partial charge in [0.15, 0.2) is 0 Å². The highest BCUT2D eigenvalue weighted by atomic mass is 32.2. The van der Waals surface area contributed by atoms with E-state index in [2.05, 4.69) is 0 Å². The van der Waals surface area contributed by atoms with E-state index in [1.807, 2.05) is 4.90 Å². The van der Waals surface area contributed by atoms with E-state index < -0.39 is 20.2 Å². The second-order valence-electron chi connectivity index (χ2n) is 4.64. The zero-order valence-electron chi connectivity index (χ0n) is 10.6. The fourth-order valence-corrected chi connectivity index (χ4v) is 3.30. The van der Waals surface area contributed by atoms with Gasteiger partial charge in [0, 0.05) is 18.8 Å². The molecule has 0 aliphatic carbocycles. The fraction of sp³-hybridized carbons (Fsp3) is 0.455. The molecule has 9 heteroatoms. The Balaban J connectivity index is 2.10. The molecule has 0 unspecified atom stereocenters. The topological polar surface area (TPSA) is 112 Å². The van der Waals surface area contributed by atoms with Crippen molar-refractivity contribution in [1.82, 2.24) is 0 Å². The van der Waals surface area contributed by atoms with Crippen molar-refractivity contribution in [2.75, 3.05) is 23.7 Å². The Morgan fingerprint density at radius 1 is 1.15 bits per heavy atom. The number of fused-ring (bicyclic) bond motifs is 1. The maximum atomic E-state index is 11.0. The largest absolute Gasteiger partial charge is 0.371 e. The molecule has 1 aromatic rings. The minimum atomic E-state index is -4.21. The number of hydrogen-bond donors (Lipinski definition) is 2. The monoisotopic (exact) mass is 321 g/mol. The van der Waals surface area contributed by atoms with E-state index in [4.69, 9.17) is 9.11 Å². The van der Waals surface area contributed by atoms with Gasteiger partial charge in [-0.1, -0.05) is 0 Å². The molecule has 1 aliphatic heterocycles. The Bertz CT molecular complexity index is 710. The molecule has 0 amide bonds. The Labute approximate surface area is 117 Å². The molecular formula is C11H15NO6S2. The quantitative estimate of drug-likeness (QED) is 0.763. The van der Waals surface area contributed by atoms with E-state index in [9.17, 15) is 16.8 Å². The third kappa shape index (κ3) is 3.69. The van der Waals surface area contributed by atoms with Crippen molar-refractivity contribution in [3.8, 4) is 0 Å². The summed E-state index contributed by atoms with van der Waals surface area (Å²) in [5.74, 6) is -0.304. The summed E-state index contributed by atoms with van der Waals surface area (Å²) in [6.07, 6.45) is 0.920. The summed E-state index contributed by atoms with van der Waals surface area (Å²) >= 11 is 0. The summed E-state index contributed by atoms with van der Waals surface area (Å²) < 4.78 is 61.0. The van der Waals surface area contributed by atoms with Crippen LogP contribution in [-0.2, 0) is 26.7 Å². The van der Waals surface area contributed by atoms with Crippen molar-refractivity contribution in [2.45, 2.75) is 17.7 Å². The van der Waals surface area contributed by atoms with Gasteiger partial charge in [-0.2, -0.15) is 16.8 Å². The number of nitrogens with zero attached hydrogens (tertiary/aromatic N) is 1. The van der Waals surface area contributed by atoms with Gasteiger partial charge in [0.1, 0.15) is 0 Å². The zero-order valence-corrected chi connectivity index (χ0v) is 12.2. The van der Waals surface area contributed by atoms with Gasteiger partial charge in [0.05, 0.1) is 10.6 Å². The fourth-order valence-electron chi connectivity index (χ4n) is 2.28. The molecule has 0 atom stereocenters. The molecule has 0 radical (unpaired) electrons. The van der Waals surface area contributed by atoms with Crippen molar-refractivity contribution < 1.29 is 25.9 Å². The summed E-state index contributed by atoms with van der Waals surface area (Å²) in [7, 11) is -8.17. The highest BCUT2D eigenvalue weighted by molar-refractivity contribution is 7.86. The van der Waals surface area contributed by atoms with Crippen LogP contribution in [-0.4, -0.2) is 44.8 Å².